The number of primary sulfonamides is 1. The van der Waals surface area contributed by atoms with E-state index in [0.29, 0.717) is 5.69 Å². The van der Waals surface area contributed by atoms with Crippen LogP contribution in [0.5, 0.6) is 0 Å². The van der Waals surface area contributed by atoms with Gasteiger partial charge in [-0.25, -0.2) is 23.5 Å². The maximum absolute atomic E-state index is 11.9. The number of anilines is 1. The summed E-state index contributed by atoms with van der Waals surface area (Å²) in [5.41, 5.74) is 0.375. The Labute approximate surface area is 107 Å². The molecule has 0 aliphatic carbocycles. The fourth-order valence-corrected chi connectivity index (χ4v) is 3.03. The van der Waals surface area contributed by atoms with Gasteiger partial charge >= 0.3 is 0 Å². The Hall–Kier alpha value is -1.84. The summed E-state index contributed by atoms with van der Waals surface area (Å²) in [7, 11) is -3.90. The topological polar surface area (TPSA) is 115 Å². The lowest BCUT2D eigenvalue weighted by molar-refractivity contribution is 0.102. The molecule has 9 heteroatoms. The summed E-state index contributed by atoms with van der Waals surface area (Å²) < 4.78 is 22.3. The molecule has 0 unspecified atom stereocenters. The van der Waals surface area contributed by atoms with E-state index in [2.05, 4.69) is 15.3 Å². The number of nitrogens with two attached hydrogens (primary N) is 1. The minimum atomic E-state index is -3.90. The molecule has 0 saturated heterocycles. The first-order valence-corrected chi connectivity index (χ1v) is 7.08. The molecule has 1 amide bonds. The van der Waals surface area contributed by atoms with Gasteiger partial charge in [-0.3, -0.25) is 4.79 Å². The summed E-state index contributed by atoms with van der Waals surface area (Å²) >= 11 is 0.890. The molecule has 2 heterocycles. The third-order valence-corrected chi connectivity index (χ3v) is 4.38. The lowest BCUT2D eigenvalue weighted by Crippen LogP contribution is -2.18. The predicted molar refractivity (Wildman–Crippen MR) is 65.7 cm³/mol. The van der Waals surface area contributed by atoms with E-state index in [1.54, 1.807) is 0 Å². The molecule has 2 aromatic rings. The van der Waals surface area contributed by atoms with Crippen molar-refractivity contribution in [2.45, 2.75) is 4.21 Å². The van der Waals surface area contributed by atoms with E-state index in [-0.39, 0.29) is 9.77 Å². The van der Waals surface area contributed by atoms with E-state index in [1.807, 2.05) is 0 Å². The molecule has 0 saturated carbocycles. The van der Waals surface area contributed by atoms with Crippen LogP contribution in [0.25, 0.3) is 0 Å². The van der Waals surface area contributed by atoms with Crippen molar-refractivity contribution in [3.8, 4) is 0 Å². The van der Waals surface area contributed by atoms with Crippen molar-refractivity contribution in [2.75, 3.05) is 5.32 Å². The largest absolute Gasteiger partial charge is 0.319 e. The Morgan fingerprint density at radius 2 is 2.00 bits per heavy atom. The van der Waals surface area contributed by atoms with Crippen molar-refractivity contribution in [3.05, 3.63) is 35.7 Å². The van der Waals surface area contributed by atoms with E-state index in [9.17, 15) is 13.2 Å². The molecule has 0 spiro atoms. The fraction of sp³-hybridized carbons (Fsp3) is 0. The van der Waals surface area contributed by atoms with E-state index in [1.165, 1.54) is 30.2 Å². The van der Waals surface area contributed by atoms with Crippen molar-refractivity contribution in [2.24, 2.45) is 5.14 Å². The van der Waals surface area contributed by atoms with Gasteiger partial charge in [0.15, 0.2) is 0 Å². The molecule has 0 aliphatic heterocycles. The van der Waals surface area contributed by atoms with Crippen molar-refractivity contribution in [3.63, 3.8) is 0 Å². The van der Waals surface area contributed by atoms with Crippen LogP contribution >= 0.6 is 11.3 Å². The number of thiophene rings is 1. The van der Waals surface area contributed by atoms with Gasteiger partial charge < -0.3 is 5.32 Å². The van der Waals surface area contributed by atoms with Crippen LogP contribution in [-0.4, -0.2) is 24.3 Å². The zero-order chi connectivity index (χ0) is 13.2. The predicted octanol–water partition coefficient (Wildman–Crippen LogP) is 0.438. The molecule has 0 fully saturated rings. The van der Waals surface area contributed by atoms with Crippen molar-refractivity contribution >= 4 is 33.0 Å². The number of amides is 1. The van der Waals surface area contributed by atoms with Gasteiger partial charge in [0.1, 0.15) is 10.5 Å². The molecule has 0 radical (unpaired) electrons. The third kappa shape index (κ3) is 2.70. The van der Waals surface area contributed by atoms with Gasteiger partial charge in [0.25, 0.3) is 5.91 Å². The molecule has 18 heavy (non-hydrogen) atoms. The standard InChI is InChI=1S/C9H8N4O3S2/c10-18(15,16)9-7(1-2-17-9)8(14)13-6-3-11-5-12-4-6/h1-5H,(H,13,14)(H2,10,15,16). The summed E-state index contributed by atoms with van der Waals surface area (Å²) in [5, 5.41) is 8.97. The van der Waals surface area contributed by atoms with E-state index < -0.39 is 15.9 Å². The number of hydrogen-bond donors (Lipinski definition) is 2. The summed E-state index contributed by atoms with van der Waals surface area (Å²) in [5.74, 6) is -0.574. The second-order valence-corrected chi connectivity index (χ2v) is 5.92. The van der Waals surface area contributed by atoms with E-state index in [0.717, 1.165) is 11.3 Å². The van der Waals surface area contributed by atoms with Gasteiger partial charge in [0, 0.05) is 0 Å². The zero-order valence-corrected chi connectivity index (χ0v) is 10.5. The molecule has 0 bridgehead atoms. The van der Waals surface area contributed by atoms with Crippen molar-refractivity contribution < 1.29 is 13.2 Å². The van der Waals surface area contributed by atoms with Crippen LogP contribution in [0.4, 0.5) is 5.69 Å². The third-order valence-electron chi connectivity index (χ3n) is 1.95. The first-order chi connectivity index (χ1) is 8.48. The van der Waals surface area contributed by atoms with Crippen LogP contribution in [0, 0.1) is 0 Å². The normalized spacial score (nSPS) is 11.2. The summed E-state index contributed by atoms with van der Waals surface area (Å²) in [6.45, 7) is 0. The maximum atomic E-state index is 11.9. The number of carbonyl (C=O) groups is 1. The lowest BCUT2D eigenvalue weighted by Gasteiger charge is -2.03. The molecule has 0 aromatic carbocycles. The second kappa shape index (κ2) is 4.80. The molecule has 0 atom stereocenters. The van der Waals surface area contributed by atoms with E-state index >= 15 is 0 Å². The van der Waals surface area contributed by atoms with Crippen LogP contribution < -0.4 is 10.5 Å². The molecule has 2 rings (SSSR count). The molecule has 3 N–H and O–H groups in total. The first kappa shape index (κ1) is 12.6. The highest BCUT2D eigenvalue weighted by Gasteiger charge is 2.21. The van der Waals surface area contributed by atoms with Gasteiger partial charge in [-0.05, 0) is 11.4 Å². The fourth-order valence-electron chi connectivity index (χ4n) is 1.25. The number of nitrogens with zero attached hydrogens (tertiary/aromatic N) is 2. The number of nitrogens with one attached hydrogen (secondary N) is 1. The Bertz CT molecular complexity index is 666. The quantitative estimate of drug-likeness (QED) is 0.848. The molecule has 7 nitrogen and oxygen atoms in total. The van der Waals surface area contributed by atoms with Gasteiger partial charge in [0.2, 0.25) is 10.0 Å². The van der Waals surface area contributed by atoms with Crippen LogP contribution in [0.3, 0.4) is 0 Å². The second-order valence-electron chi connectivity index (χ2n) is 3.25. The van der Waals surface area contributed by atoms with Gasteiger partial charge in [-0.15, -0.1) is 11.3 Å². The minimum Gasteiger partial charge on any atom is -0.319 e. The number of sulfonamides is 1. The molecule has 0 aliphatic rings. The Morgan fingerprint density at radius 3 is 2.61 bits per heavy atom. The van der Waals surface area contributed by atoms with Crippen molar-refractivity contribution in [1.29, 1.82) is 0 Å². The van der Waals surface area contributed by atoms with E-state index in [4.69, 9.17) is 5.14 Å². The van der Waals surface area contributed by atoms with Crippen LogP contribution in [0.15, 0.2) is 34.4 Å². The van der Waals surface area contributed by atoms with Crippen LogP contribution in [-0.2, 0) is 10.0 Å². The highest BCUT2D eigenvalue weighted by molar-refractivity contribution is 7.91. The zero-order valence-electron chi connectivity index (χ0n) is 8.90. The number of rotatable bonds is 3. The Kier molecular flexibility index (Phi) is 3.36. The van der Waals surface area contributed by atoms with Crippen LogP contribution in [0.2, 0.25) is 0 Å². The lowest BCUT2D eigenvalue weighted by atomic mass is 10.3. The number of aromatic nitrogens is 2. The number of carbonyl (C=O) groups excluding carboxylic acids is 1. The Balaban J connectivity index is 2.28. The average molecular weight is 284 g/mol. The summed E-state index contributed by atoms with van der Waals surface area (Å²) in [6, 6.07) is 1.39. The summed E-state index contributed by atoms with van der Waals surface area (Å²) in [6.07, 6.45) is 4.11. The molecular weight excluding hydrogens is 276 g/mol. The monoisotopic (exact) mass is 284 g/mol. The van der Waals surface area contributed by atoms with Gasteiger partial charge in [-0.1, -0.05) is 0 Å². The van der Waals surface area contributed by atoms with Gasteiger partial charge in [0.05, 0.1) is 23.6 Å². The SMILES string of the molecule is NS(=O)(=O)c1sccc1C(=O)Nc1cncnc1. The van der Waals surface area contributed by atoms with Crippen LogP contribution in [0.1, 0.15) is 10.4 Å². The van der Waals surface area contributed by atoms with Crippen molar-refractivity contribution in [1.82, 2.24) is 9.97 Å². The minimum absolute atomic E-state index is 0.00588. The average Bonchev–Trinajstić information content (AvgIpc) is 2.79. The Morgan fingerprint density at radius 1 is 1.33 bits per heavy atom. The smallest absolute Gasteiger partial charge is 0.257 e. The van der Waals surface area contributed by atoms with Gasteiger partial charge in [-0.2, -0.15) is 0 Å². The molecule has 94 valence electrons. The summed E-state index contributed by atoms with van der Waals surface area (Å²) in [4.78, 5) is 19.3. The molecule has 2 aromatic heterocycles. The highest BCUT2D eigenvalue weighted by Crippen LogP contribution is 2.22. The highest BCUT2D eigenvalue weighted by atomic mass is 32.2. The maximum Gasteiger partial charge on any atom is 0.257 e. The first-order valence-electron chi connectivity index (χ1n) is 4.65. The number of hydrogen-bond acceptors (Lipinski definition) is 6. The molecular formula is C9H8N4O3S2.